The van der Waals surface area contributed by atoms with E-state index in [1.165, 1.54) is 11.8 Å². The fourth-order valence-electron chi connectivity index (χ4n) is 3.14. The van der Waals surface area contributed by atoms with Gasteiger partial charge in [-0.2, -0.15) is 0 Å². The van der Waals surface area contributed by atoms with Crippen LogP contribution in [0.1, 0.15) is 23.7 Å². The maximum Gasteiger partial charge on any atom is 0.235 e. The van der Waals surface area contributed by atoms with E-state index < -0.39 is 11.2 Å². The number of nitrogens with two attached hydrogens (primary N) is 1. The summed E-state index contributed by atoms with van der Waals surface area (Å²) < 4.78 is 7.88. The predicted octanol–water partition coefficient (Wildman–Crippen LogP) is 3.50. The summed E-state index contributed by atoms with van der Waals surface area (Å²) in [6, 6.07) is 13.6. The van der Waals surface area contributed by atoms with Crippen LogP contribution in [-0.4, -0.2) is 33.4 Å². The first-order chi connectivity index (χ1) is 13.2. The van der Waals surface area contributed by atoms with Crippen LogP contribution >= 0.6 is 23.1 Å². The summed E-state index contributed by atoms with van der Waals surface area (Å²) in [5.74, 6) is 0.412. The van der Waals surface area contributed by atoms with Crippen molar-refractivity contribution in [3.05, 3.63) is 53.4 Å². The summed E-state index contributed by atoms with van der Waals surface area (Å²) in [5, 5.41) is 11.0. The van der Waals surface area contributed by atoms with Crippen LogP contribution < -0.4 is 5.73 Å². The molecule has 1 amide bonds. The van der Waals surface area contributed by atoms with Gasteiger partial charge in [0.2, 0.25) is 5.91 Å². The molecule has 1 aliphatic rings. The van der Waals surface area contributed by atoms with E-state index in [4.69, 9.17) is 10.5 Å². The Kier molecular flexibility index (Phi) is 5.56. The molecule has 0 spiro atoms. The van der Waals surface area contributed by atoms with E-state index in [-0.39, 0.29) is 6.10 Å². The second-order valence-electron chi connectivity index (χ2n) is 6.34. The first-order valence-electron chi connectivity index (χ1n) is 8.82. The van der Waals surface area contributed by atoms with E-state index in [0.29, 0.717) is 11.7 Å². The maximum atomic E-state index is 12.1. The lowest BCUT2D eigenvalue weighted by atomic mass is 10.1. The van der Waals surface area contributed by atoms with Crippen LogP contribution in [-0.2, 0) is 16.1 Å². The van der Waals surface area contributed by atoms with Crippen LogP contribution in [0.3, 0.4) is 0 Å². The Labute approximate surface area is 165 Å². The van der Waals surface area contributed by atoms with Crippen LogP contribution in [0.25, 0.3) is 10.7 Å². The number of carbonyl (C=O) groups excluding carboxylic acids is 1. The second kappa shape index (κ2) is 8.24. The van der Waals surface area contributed by atoms with Crippen molar-refractivity contribution >= 4 is 29.0 Å². The second-order valence-corrected chi connectivity index (χ2v) is 8.36. The van der Waals surface area contributed by atoms with Crippen LogP contribution in [0.2, 0.25) is 0 Å². The molecule has 2 aromatic heterocycles. The minimum Gasteiger partial charge on any atom is -0.376 e. The predicted molar refractivity (Wildman–Crippen MR) is 107 cm³/mol. The van der Waals surface area contributed by atoms with E-state index in [0.717, 1.165) is 35.7 Å². The highest BCUT2D eigenvalue weighted by Gasteiger charge is 2.26. The molecule has 3 aromatic rings. The number of ether oxygens (including phenoxy) is 1. The number of primary amides is 1. The molecule has 140 valence electrons. The van der Waals surface area contributed by atoms with Gasteiger partial charge in [0.05, 0.1) is 17.5 Å². The van der Waals surface area contributed by atoms with Gasteiger partial charge in [0.25, 0.3) is 0 Å². The Morgan fingerprint density at radius 1 is 1.30 bits per heavy atom. The van der Waals surface area contributed by atoms with Gasteiger partial charge in [-0.25, -0.2) is 0 Å². The quantitative estimate of drug-likeness (QED) is 0.614. The molecule has 3 heterocycles. The van der Waals surface area contributed by atoms with Gasteiger partial charge in [-0.1, -0.05) is 48.2 Å². The summed E-state index contributed by atoms with van der Waals surface area (Å²) >= 11 is 2.96. The number of nitrogens with zero attached hydrogens (tertiary/aromatic N) is 3. The SMILES string of the molecule is NC(=O)C(Sc1nnc(-c2cccs2)n1CC1CCCO1)c1ccccc1. The third-order valence-corrected chi connectivity index (χ3v) is 6.57. The lowest BCUT2D eigenvalue weighted by Crippen LogP contribution is -2.21. The van der Waals surface area contributed by atoms with Crippen LogP contribution in [0, 0.1) is 0 Å². The zero-order chi connectivity index (χ0) is 18.6. The Morgan fingerprint density at radius 3 is 2.81 bits per heavy atom. The molecule has 1 fully saturated rings. The van der Waals surface area contributed by atoms with Crippen molar-refractivity contribution in [3.8, 4) is 10.7 Å². The summed E-state index contributed by atoms with van der Waals surface area (Å²) in [7, 11) is 0. The molecule has 0 aliphatic carbocycles. The number of thiophene rings is 1. The molecule has 2 N–H and O–H groups in total. The van der Waals surface area contributed by atoms with E-state index in [2.05, 4.69) is 14.8 Å². The molecule has 0 bridgehead atoms. The average Bonchev–Trinajstić information content (AvgIpc) is 3.43. The van der Waals surface area contributed by atoms with E-state index in [9.17, 15) is 4.79 Å². The number of rotatable bonds is 7. The van der Waals surface area contributed by atoms with Gasteiger partial charge in [-0.05, 0) is 29.9 Å². The number of aromatic nitrogens is 3. The summed E-state index contributed by atoms with van der Waals surface area (Å²) in [5.41, 5.74) is 6.55. The average molecular weight is 401 g/mol. The van der Waals surface area contributed by atoms with Crippen molar-refractivity contribution in [2.75, 3.05) is 6.61 Å². The summed E-state index contributed by atoms with van der Waals surface area (Å²) in [6.07, 6.45) is 2.23. The number of thioether (sulfide) groups is 1. The molecule has 1 aliphatic heterocycles. The Bertz CT molecular complexity index is 890. The zero-order valence-electron chi connectivity index (χ0n) is 14.7. The normalized spacial score (nSPS) is 17.9. The summed E-state index contributed by atoms with van der Waals surface area (Å²) in [4.78, 5) is 13.2. The van der Waals surface area contributed by atoms with Gasteiger partial charge in [0.15, 0.2) is 11.0 Å². The van der Waals surface area contributed by atoms with Gasteiger partial charge in [-0.3, -0.25) is 9.36 Å². The molecule has 2 unspecified atom stereocenters. The van der Waals surface area contributed by atoms with Gasteiger partial charge in [-0.15, -0.1) is 21.5 Å². The van der Waals surface area contributed by atoms with Crippen LogP contribution in [0.5, 0.6) is 0 Å². The molecule has 1 aromatic carbocycles. The van der Waals surface area contributed by atoms with E-state index >= 15 is 0 Å². The molecular formula is C19H20N4O2S2. The van der Waals surface area contributed by atoms with Gasteiger partial charge >= 0.3 is 0 Å². The lowest BCUT2D eigenvalue weighted by molar-refractivity contribution is -0.117. The highest BCUT2D eigenvalue weighted by molar-refractivity contribution is 8.00. The first-order valence-corrected chi connectivity index (χ1v) is 10.6. The van der Waals surface area contributed by atoms with Crippen molar-refractivity contribution < 1.29 is 9.53 Å². The maximum absolute atomic E-state index is 12.1. The monoisotopic (exact) mass is 400 g/mol. The Hall–Kier alpha value is -2.16. The molecule has 27 heavy (non-hydrogen) atoms. The summed E-state index contributed by atoms with van der Waals surface area (Å²) in [6.45, 7) is 1.46. The number of benzene rings is 1. The molecule has 2 atom stereocenters. The van der Waals surface area contributed by atoms with E-state index in [1.807, 2.05) is 47.8 Å². The molecular weight excluding hydrogens is 380 g/mol. The molecule has 0 saturated carbocycles. The van der Waals surface area contributed by atoms with Gasteiger partial charge in [0, 0.05) is 6.61 Å². The highest BCUT2D eigenvalue weighted by Crippen LogP contribution is 2.36. The molecule has 8 heteroatoms. The molecule has 6 nitrogen and oxygen atoms in total. The lowest BCUT2D eigenvalue weighted by Gasteiger charge is -2.17. The van der Waals surface area contributed by atoms with Crippen LogP contribution in [0.15, 0.2) is 53.0 Å². The highest BCUT2D eigenvalue weighted by atomic mass is 32.2. The fraction of sp³-hybridized carbons (Fsp3) is 0.316. The van der Waals surface area contributed by atoms with E-state index in [1.54, 1.807) is 11.3 Å². The van der Waals surface area contributed by atoms with Crippen molar-refractivity contribution in [2.45, 2.75) is 35.9 Å². The van der Waals surface area contributed by atoms with Crippen molar-refractivity contribution in [1.29, 1.82) is 0 Å². The van der Waals surface area contributed by atoms with Gasteiger partial charge < -0.3 is 10.5 Å². The zero-order valence-corrected chi connectivity index (χ0v) is 16.3. The third kappa shape index (κ3) is 4.07. The first kappa shape index (κ1) is 18.2. The number of hydrogen-bond acceptors (Lipinski definition) is 6. The Morgan fingerprint density at radius 2 is 2.15 bits per heavy atom. The number of hydrogen-bond donors (Lipinski definition) is 1. The third-order valence-electron chi connectivity index (χ3n) is 4.45. The number of amides is 1. The topological polar surface area (TPSA) is 83.0 Å². The van der Waals surface area contributed by atoms with Crippen molar-refractivity contribution in [1.82, 2.24) is 14.8 Å². The standard InChI is InChI=1S/C19H20N4O2S2/c20-17(24)16(13-6-2-1-3-7-13)27-19-22-21-18(15-9-5-11-26-15)23(19)12-14-8-4-10-25-14/h1-3,5-7,9,11,14,16H,4,8,10,12H2,(H2,20,24). The molecule has 0 radical (unpaired) electrons. The molecule has 1 saturated heterocycles. The fourth-order valence-corrected chi connectivity index (χ4v) is 4.86. The van der Waals surface area contributed by atoms with Crippen LogP contribution in [0.4, 0.5) is 0 Å². The minimum absolute atomic E-state index is 0.141. The molecule has 4 rings (SSSR count). The Balaban J connectivity index is 1.67. The smallest absolute Gasteiger partial charge is 0.235 e. The number of carbonyl (C=O) groups is 1. The van der Waals surface area contributed by atoms with Crippen molar-refractivity contribution in [3.63, 3.8) is 0 Å². The van der Waals surface area contributed by atoms with Gasteiger partial charge in [0.1, 0.15) is 5.25 Å². The van der Waals surface area contributed by atoms with Crippen molar-refractivity contribution in [2.24, 2.45) is 5.73 Å². The minimum atomic E-state index is -0.519. The largest absolute Gasteiger partial charge is 0.376 e.